The third-order valence-electron chi connectivity index (χ3n) is 3.21. The van der Waals surface area contributed by atoms with E-state index in [2.05, 4.69) is 20.0 Å². The first-order valence-electron chi connectivity index (χ1n) is 7.20. The molecule has 25 heavy (non-hydrogen) atoms. The topological polar surface area (TPSA) is 73.1 Å². The summed E-state index contributed by atoms with van der Waals surface area (Å²) in [7, 11) is 0. The normalized spacial score (nSPS) is 11.2. The van der Waals surface area contributed by atoms with Crippen molar-refractivity contribution in [2.45, 2.75) is 6.36 Å². The zero-order valence-corrected chi connectivity index (χ0v) is 12.8. The van der Waals surface area contributed by atoms with Crippen LogP contribution in [0.25, 0.3) is 11.3 Å². The second-order valence-corrected chi connectivity index (χ2v) is 5.11. The minimum atomic E-state index is -4.71. The van der Waals surface area contributed by atoms with E-state index >= 15 is 0 Å². The van der Waals surface area contributed by atoms with Crippen LogP contribution in [-0.2, 0) is 0 Å². The summed E-state index contributed by atoms with van der Waals surface area (Å²) in [5.41, 5.74) is 8.44. The molecule has 0 bridgehead atoms. The lowest BCUT2D eigenvalue weighted by atomic mass is 10.1. The molecule has 0 aliphatic carbocycles. The average Bonchev–Trinajstić information content (AvgIpc) is 2.56. The Balaban J connectivity index is 1.76. The molecule has 0 aliphatic rings. The lowest BCUT2D eigenvalue weighted by Gasteiger charge is -2.10. The lowest BCUT2D eigenvalue weighted by molar-refractivity contribution is -0.274. The van der Waals surface area contributed by atoms with E-state index in [1.807, 2.05) is 12.1 Å². The third-order valence-corrected chi connectivity index (χ3v) is 3.21. The van der Waals surface area contributed by atoms with E-state index in [0.29, 0.717) is 22.9 Å². The number of ether oxygens (including phenoxy) is 1. The first-order valence-corrected chi connectivity index (χ1v) is 7.20. The Labute approximate surface area is 141 Å². The van der Waals surface area contributed by atoms with E-state index in [4.69, 9.17) is 5.73 Å². The molecule has 1 heterocycles. The molecule has 0 unspecified atom stereocenters. The number of hydrogen-bond donors (Lipinski definition) is 2. The van der Waals surface area contributed by atoms with Gasteiger partial charge in [-0.2, -0.15) is 0 Å². The Bertz CT molecular complexity index is 866. The summed E-state index contributed by atoms with van der Waals surface area (Å²) in [6.07, 6.45) is -3.32. The quantitative estimate of drug-likeness (QED) is 0.687. The average molecular weight is 346 g/mol. The number of hydrogen-bond acceptors (Lipinski definition) is 5. The summed E-state index contributed by atoms with van der Waals surface area (Å²) in [6.45, 7) is 0. The molecule has 0 spiro atoms. The van der Waals surface area contributed by atoms with Gasteiger partial charge in [0.1, 0.15) is 17.9 Å². The number of rotatable bonds is 4. The molecule has 0 saturated carbocycles. The van der Waals surface area contributed by atoms with Crippen LogP contribution in [0.2, 0.25) is 0 Å². The van der Waals surface area contributed by atoms with Crippen molar-refractivity contribution in [2.75, 3.05) is 11.1 Å². The van der Waals surface area contributed by atoms with Crippen molar-refractivity contribution < 1.29 is 17.9 Å². The van der Waals surface area contributed by atoms with Gasteiger partial charge in [0.2, 0.25) is 0 Å². The van der Waals surface area contributed by atoms with Gasteiger partial charge < -0.3 is 15.8 Å². The van der Waals surface area contributed by atoms with Crippen molar-refractivity contribution in [3.63, 3.8) is 0 Å². The number of nitrogen functional groups attached to an aromatic ring is 1. The minimum absolute atomic E-state index is 0.291. The number of nitrogens with two attached hydrogens (primary N) is 1. The van der Waals surface area contributed by atoms with Crippen molar-refractivity contribution in [3.8, 4) is 17.0 Å². The van der Waals surface area contributed by atoms with Crippen LogP contribution in [0, 0.1) is 0 Å². The monoisotopic (exact) mass is 346 g/mol. The zero-order chi connectivity index (χ0) is 17.9. The predicted octanol–water partition coefficient (Wildman–Crippen LogP) is 4.37. The van der Waals surface area contributed by atoms with E-state index in [9.17, 15) is 13.2 Å². The largest absolute Gasteiger partial charge is 0.573 e. The summed E-state index contributed by atoms with van der Waals surface area (Å²) < 4.78 is 40.3. The highest BCUT2D eigenvalue weighted by Gasteiger charge is 2.30. The van der Waals surface area contributed by atoms with Crippen molar-refractivity contribution in [1.29, 1.82) is 0 Å². The number of halogens is 3. The maximum Gasteiger partial charge on any atom is 0.573 e. The molecular formula is C17H13F3N4O. The van der Waals surface area contributed by atoms with Crippen molar-refractivity contribution in [3.05, 3.63) is 60.9 Å². The molecule has 0 saturated heterocycles. The summed E-state index contributed by atoms with van der Waals surface area (Å²) in [4.78, 5) is 8.29. The van der Waals surface area contributed by atoms with Gasteiger partial charge in [-0.25, -0.2) is 9.97 Å². The second-order valence-electron chi connectivity index (χ2n) is 5.11. The number of nitrogens with one attached hydrogen (secondary N) is 1. The Morgan fingerprint density at radius 1 is 0.960 bits per heavy atom. The molecule has 3 aromatic rings. The van der Waals surface area contributed by atoms with Crippen LogP contribution in [-0.4, -0.2) is 16.3 Å². The highest BCUT2D eigenvalue weighted by molar-refractivity contribution is 5.68. The fraction of sp³-hybridized carbons (Fsp3) is 0.0588. The van der Waals surface area contributed by atoms with E-state index in [-0.39, 0.29) is 5.75 Å². The number of benzene rings is 2. The van der Waals surface area contributed by atoms with Crippen molar-refractivity contribution in [1.82, 2.24) is 9.97 Å². The number of alkyl halides is 3. The van der Waals surface area contributed by atoms with Crippen LogP contribution in [0.4, 0.5) is 30.4 Å². The summed E-state index contributed by atoms with van der Waals surface area (Å²) in [6, 6.07) is 14.3. The number of aromatic nitrogens is 2. The van der Waals surface area contributed by atoms with Gasteiger partial charge in [0.25, 0.3) is 0 Å². The summed E-state index contributed by atoms with van der Waals surface area (Å²) in [5.74, 6) is 0.207. The molecule has 0 atom stereocenters. The second kappa shape index (κ2) is 6.68. The van der Waals surface area contributed by atoms with Crippen LogP contribution in [0.3, 0.4) is 0 Å². The predicted molar refractivity (Wildman–Crippen MR) is 88.3 cm³/mol. The number of anilines is 3. The Morgan fingerprint density at radius 3 is 2.40 bits per heavy atom. The summed E-state index contributed by atoms with van der Waals surface area (Å²) >= 11 is 0. The molecule has 2 aromatic carbocycles. The van der Waals surface area contributed by atoms with Crippen LogP contribution < -0.4 is 15.8 Å². The van der Waals surface area contributed by atoms with Crippen molar-refractivity contribution >= 4 is 17.2 Å². The van der Waals surface area contributed by atoms with E-state index in [1.54, 1.807) is 18.2 Å². The molecule has 8 heteroatoms. The highest BCUT2D eigenvalue weighted by atomic mass is 19.4. The summed E-state index contributed by atoms with van der Waals surface area (Å²) in [5, 5.41) is 3.00. The van der Waals surface area contributed by atoms with Crippen LogP contribution in [0.5, 0.6) is 5.75 Å². The molecule has 0 fully saturated rings. The van der Waals surface area contributed by atoms with Gasteiger partial charge in [-0.05, 0) is 36.4 Å². The van der Waals surface area contributed by atoms with Crippen LogP contribution >= 0.6 is 0 Å². The van der Waals surface area contributed by atoms with Crippen LogP contribution in [0.1, 0.15) is 0 Å². The van der Waals surface area contributed by atoms with E-state index < -0.39 is 6.36 Å². The number of nitrogens with zero attached hydrogens (tertiary/aromatic N) is 2. The fourth-order valence-corrected chi connectivity index (χ4v) is 2.17. The van der Waals surface area contributed by atoms with Gasteiger partial charge in [0.15, 0.2) is 0 Å². The Hall–Kier alpha value is -3.29. The molecule has 3 rings (SSSR count). The molecule has 5 nitrogen and oxygen atoms in total. The van der Waals surface area contributed by atoms with Crippen LogP contribution in [0.15, 0.2) is 60.9 Å². The maximum absolute atomic E-state index is 12.2. The Morgan fingerprint density at radius 2 is 1.72 bits per heavy atom. The molecule has 0 aliphatic heterocycles. The van der Waals surface area contributed by atoms with E-state index in [1.165, 1.54) is 30.6 Å². The maximum atomic E-state index is 12.2. The third kappa shape index (κ3) is 4.60. The van der Waals surface area contributed by atoms with Gasteiger partial charge in [-0.1, -0.05) is 12.1 Å². The molecule has 1 aromatic heterocycles. The standard InChI is InChI=1S/C17H13F3N4O/c18-17(19,20)25-14-6-4-13(5-7-14)24-16-9-15(22-10-23-16)11-2-1-3-12(21)8-11/h1-10H,21H2,(H,22,23,24). The zero-order valence-electron chi connectivity index (χ0n) is 12.8. The van der Waals surface area contributed by atoms with Gasteiger partial charge >= 0.3 is 6.36 Å². The van der Waals surface area contributed by atoms with Gasteiger partial charge in [0.05, 0.1) is 5.69 Å². The molecule has 0 amide bonds. The highest BCUT2D eigenvalue weighted by Crippen LogP contribution is 2.26. The lowest BCUT2D eigenvalue weighted by Crippen LogP contribution is -2.16. The molecule has 128 valence electrons. The molecule has 0 radical (unpaired) electrons. The fourth-order valence-electron chi connectivity index (χ4n) is 2.17. The first kappa shape index (κ1) is 16.6. The van der Waals surface area contributed by atoms with Crippen molar-refractivity contribution in [2.24, 2.45) is 0 Å². The minimum Gasteiger partial charge on any atom is -0.406 e. The first-order chi connectivity index (χ1) is 11.9. The smallest absolute Gasteiger partial charge is 0.406 e. The molecule has 3 N–H and O–H groups in total. The van der Waals surface area contributed by atoms with Gasteiger partial charge in [0, 0.05) is 23.0 Å². The SMILES string of the molecule is Nc1cccc(-c2cc(Nc3ccc(OC(F)(F)F)cc3)ncn2)c1. The van der Waals surface area contributed by atoms with Gasteiger partial charge in [-0.15, -0.1) is 13.2 Å². The van der Waals surface area contributed by atoms with Gasteiger partial charge in [-0.3, -0.25) is 0 Å². The van der Waals surface area contributed by atoms with E-state index in [0.717, 1.165) is 5.56 Å². The Kier molecular flexibility index (Phi) is 4.42. The molecular weight excluding hydrogens is 333 g/mol.